The Morgan fingerprint density at radius 3 is 2.45 bits per heavy atom. The van der Waals surface area contributed by atoms with Gasteiger partial charge in [0.25, 0.3) is 0 Å². The minimum atomic E-state index is 0.301. The summed E-state index contributed by atoms with van der Waals surface area (Å²) in [4.78, 5) is 11.2. The summed E-state index contributed by atoms with van der Waals surface area (Å²) in [5.74, 6) is 1.11. The zero-order valence-electron chi connectivity index (χ0n) is 7.81. The lowest BCUT2D eigenvalue weighted by molar-refractivity contribution is -0.124. The zero-order valence-corrected chi connectivity index (χ0v) is 7.81. The van der Waals surface area contributed by atoms with Gasteiger partial charge in [-0.25, -0.2) is 0 Å². The van der Waals surface area contributed by atoms with Crippen LogP contribution in [0.25, 0.3) is 0 Å². The maximum atomic E-state index is 11.2. The lowest BCUT2D eigenvalue weighted by atomic mass is 9.68. The highest BCUT2D eigenvalue weighted by Gasteiger charge is 2.33. The Labute approximate surface area is 69.2 Å². The highest BCUT2D eigenvalue weighted by Crippen LogP contribution is 2.40. The van der Waals surface area contributed by atoms with Crippen LogP contribution in [0.1, 0.15) is 46.5 Å². The van der Waals surface area contributed by atoms with Crippen molar-refractivity contribution in [2.75, 3.05) is 0 Å². The van der Waals surface area contributed by atoms with E-state index in [1.54, 1.807) is 0 Å². The van der Waals surface area contributed by atoms with Crippen LogP contribution in [0.3, 0.4) is 0 Å². The van der Waals surface area contributed by atoms with Gasteiger partial charge >= 0.3 is 0 Å². The first-order chi connectivity index (χ1) is 5.04. The summed E-state index contributed by atoms with van der Waals surface area (Å²) in [5, 5.41) is 0. The zero-order chi connectivity index (χ0) is 8.48. The van der Waals surface area contributed by atoms with Crippen molar-refractivity contribution in [1.82, 2.24) is 0 Å². The Hall–Kier alpha value is -0.330. The fourth-order valence-electron chi connectivity index (χ4n) is 1.81. The third-order valence-electron chi connectivity index (χ3n) is 3.20. The van der Waals surface area contributed by atoms with Gasteiger partial charge < -0.3 is 0 Å². The largest absolute Gasteiger partial charge is 0.300 e. The average molecular weight is 154 g/mol. The number of carbonyl (C=O) groups is 1. The number of carbonyl (C=O) groups excluding carboxylic acids is 1. The molecule has 0 N–H and O–H groups in total. The van der Waals surface area contributed by atoms with Gasteiger partial charge in [0.15, 0.2) is 0 Å². The van der Waals surface area contributed by atoms with Crippen molar-refractivity contribution in [3.8, 4) is 0 Å². The molecule has 1 aliphatic carbocycles. The molecule has 0 unspecified atom stereocenters. The van der Waals surface area contributed by atoms with Gasteiger partial charge in [-0.1, -0.05) is 20.8 Å². The molecule has 0 radical (unpaired) electrons. The quantitative estimate of drug-likeness (QED) is 0.567. The Balaban J connectivity index is 2.62. The highest BCUT2D eigenvalue weighted by atomic mass is 16.1. The third-order valence-corrected chi connectivity index (χ3v) is 3.20. The summed E-state index contributed by atoms with van der Waals surface area (Å²) >= 11 is 0. The van der Waals surface area contributed by atoms with E-state index in [0.29, 0.717) is 17.1 Å². The summed E-state index contributed by atoms with van der Waals surface area (Å²) in [6, 6.07) is 0. The molecule has 0 aromatic carbocycles. The van der Waals surface area contributed by atoms with Gasteiger partial charge in [-0.3, -0.25) is 4.79 Å². The smallest absolute Gasteiger partial charge is 0.133 e. The van der Waals surface area contributed by atoms with E-state index in [1.165, 1.54) is 6.42 Å². The molecule has 0 spiro atoms. The van der Waals surface area contributed by atoms with Crippen molar-refractivity contribution in [3.63, 3.8) is 0 Å². The molecule has 1 aliphatic rings. The Morgan fingerprint density at radius 2 is 2.09 bits per heavy atom. The van der Waals surface area contributed by atoms with E-state index in [9.17, 15) is 4.79 Å². The fourth-order valence-corrected chi connectivity index (χ4v) is 1.81. The van der Waals surface area contributed by atoms with Gasteiger partial charge in [-0.2, -0.15) is 0 Å². The molecule has 1 saturated carbocycles. The Kier molecular flexibility index (Phi) is 2.36. The normalized spacial score (nSPS) is 32.9. The van der Waals surface area contributed by atoms with Crippen LogP contribution in [0, 0.1) is 11.3 Å². The predicted molar refractivity (Wildman–Crippen MR) is 46.4 cm³/mol. The standard InChI is InChI=1S/C10H18O/c1-8(2)10(3)6-4-5-9(11)7-10/h8H,4-7H2,1-3H3/t10-/m1/s1. The van der Waals surface area contributed by atoms with Gasteiger partial charge in [-0.15, -0.1) is 0 Å². The van der Waals surface area contributed by atoms with Gasteiger partial charge in [0.05, 0.1) is 0 Å². The van der Waals surface area contributed by atoms with E-state index in [1.807, 2.05) is 0 Å². The van der Waals surface area contributed by atoms with Crippen molar-refractivity contribution in [1.29, 1.82) is 0 Å². The molecule has 0 amide bonds. The molecule has 0 aromatic heterocycles. The van der Waals surface area contributed by atoms with Gasteiger partial charge in [-0.05, 0) is 24.2 Å². The van der Waals surface area contributed by atoms with Crippen LogP contribution in [0.2, 0.25) is 0 Å². The van der Waals surface area contributed by atoms with E-state index in [0.717, 1.165) is 19.3 Å². The van der Waals surface area contributed by atoms with E-state index < -0.39 is 0 Å². The molecular formula is C10H18O. The number of Topliss-reactive ketones (excluding diaryl/α,β-unsaturated/α-hetero) is 1. The summed E-state index contributed by atoms with van der Waals surface area (Å²) in [6.45, 7) is 6.69. The van der Waals surface area contributed by atoms with Gasteiger partial charge in [0.1, 0.15) is 5.78 Å². The molecule has 11 heavy (non-hydrogen) atoms. The fraction of sp³-hybridized carbons (Fsp3) is 0.900. The van der Waals surface area contributed by atoms with E-state index >= 15 is 0 Å². The number of hydrogen-bond acceptors (Lipinski definition) is 1. The van der Waals surface area contributed by atoms with E-state index in [-0.39, 0.29) is 0 Å². The third kappa shape index (κ3) is 1.82. The Bertz CT molecular complexity index is 160. The maximum absolute atomic E-state index is 11.2. The lowest BCUT2D eigenvalue weighted by Crippen LogP contribution is -2.30. The summed E-state index contributed by atoms with van der Waals surface area (Å²) in [7, 11) is 0. The van der Waals surface area contributed by atoms with E-state index in [2.05, 4.69) is 20.8 Å². The topological polar surface area (TPSA) is 17.1 Å². The van der Waals surface area contributed by atoms with Crippen LogP contribution in [0.15, 0.2) is 0 Å². The minimum Gasteiger partial charge on any atom is -0.300 e. The van der Waals surface area contributed by atoms with Crippen molar-refractivity contribution in [3.05, 3.63) is 0 Å². The highest BCUT2D eigenvalue weighted by molar-refractivity contribution is 5.79. The van der Waals surface area contributed by atoms with Crippen LogP contribution in [-0.4, -0.2) is 5.78 Å². The Morgan fingerprint density at radius 1 is 1.45 bits per heavy atom. The number of hydrogen-bond donors (Lipinski definition) is 0. The summed E-state index contributed by atoms with van der Waals surface area (Å²) < 4.78 is 0. The predicted octanol–water partition coefficient (Wildman–Crippen LogP) is 2.79. The van der Waals surface area contributed by atoms with Crippen LogP contribution in [-0.2, 0) is 4.79 Å². The summed E-state index contributed by atoms with van der Waals surface area (Å²) in [6.07, 6.45) is 3.97. The summed E-state index contributed by atoms with van der Waals surface area (Å²) in [5.41, 5.74) is 0.301. The van der Waals surface area contributed by atoms with Crippen molar-refractivity contribution in [2.24, 2.45) is 11.3 Å². The monoisotopic (exact) mass is 154 g/mol. The van der Waals surface area contributed by atoms with Crippen LogP contribution in [0.5, 0.6) is 0 Å². The molecule has 64 valence electrons. The first-order valence-electron chi connectivity index (χ1n) is 4.56. The first-order valence-corrected chi connectivity index (χ1v) is 4.56. The second-order valence-electron chi connectivity index (χ2n) is 4.38. The van der Waals surface area contributed by atoms with Gasteiger partial charge in [0.2, 0.25) is 0 Å². The number of ketones is 1. The second-order valence-corrected chi connectivity index (χ2v) is 4.38. The van der Waals surface area contributed by atoms with Crippen LogP contribution < -0.4 is 0 Å². The number of rotatable bonds is 1. The van der Waals surface area contributed by atoms with Crippen LogP contribution >= 0.6 is 0 Å². The van der Waals surface area contributed by atoms with E-state index in [4.69, 9.17) is 0 Å². The molecule has 0 aromatic rings. The SMILES string of the molecule is CC(C)[C@]1(C)CCCC(=O)C1. The molecule has 1 rings (SSSR count). The molecule has 0 bridgehead atoms. The first kappa shape index (κ1) is 8.76. The second kappa shape index (κ2) is 2.96. The molecule has 1 atom stereocenters. The van der Waals surface area contributed by atoms with Gasteiger partial charge in [0, 0.05) is 12.8 Å². The van der Waals surface area contributed by atoms with Crippen molar-refractivity contribution >= 4 is 5.78 Å². The maximum Gasteiger partial charge on any atom is 0.133 e. The molecule has 1 heteroatoms. The molecular weight excluding hydrogens is 136 g/mol. The van der Waals surface area contributed by atoms with Crippen molar-refractivity contribution < 1.29 is 4.79 Å². The molecule has 1 fully saturated rings. The minimum absolute atomic E-state index is 0.301. The van der Waals surface area contributed by atoms with Crippen LogP contribution in [0.4, 0.5) is 0 Å². The molecule has 0 heterocycles. The van der Waals surface area contributed by atoms with Crippen molar-refractivity contribution in [2.45, 2.75) is 46.5 Å². The molecule has 0 saturated heterocycles. The lowest BCUT2D eigenvalue weighted by Gasteiger charge is -2.36. The molecule has 1 nitrogen and oxygen atoms in total. The molecule has 0 aliphatic heterocycles. The average Bonchev–Trinajstić information content (AvgIpc) is 1.86.